The number of rotatable bonds is 11. The van der Waals surface area contributed by atoms with E-state index in [1.54, 1.807) is 0 Å². The third-order valence-electron chi connectivity index (χ3n) is 4.60. The van der Waals surface area contributed by atoms with Crippen molar-refractivity contribution in [2.75, 3.05) is 0 Å². The number of hydrogen-bond donors (Lipinski definition) is 0. The summed E-state index contributed by atoms with van der Waals surface area (Å²) in [6.07, 6.45) is 19.0. The van der Waals surface area contributed by atoms with Gasteiger partial charge in [0.05, 0.1) is 0 Å². The van der Waals surface area contributed by atoms with Gasteiger partial charge >= 0.3 is 0 Å². The van der Waals surface area contributed by atoms with Crippen molar-refractivity contribution in [3.8, 4) is 0 Å². The number of carbonyl (C=O) groups excluding carboxylic acids is 1. The molecule has 0 N–H and O–H groups in total. The molecule has 0 radical (unpaired) electrons. The molecule has 0 spiro atoms. The van der Waals surface area contributed by atoms with Crippen LogP contribution in [0.25, 0.3) is 0 Å². The lowest BCUT2D eigenvalue weighted by Gasteiger charge is -2.21. The van der Waals surface area contributed by atoms with E-state index in [9.17, 15) is 4.79 Å². The summed E-state index contributed by atoms with van der Waals surface area (Å²) in [4.78, 5) is 11.8. The van der Waals surface area contributed by atoms with Gasteiger partial charge < -0.3 is 0 Å². The standard InChI is InChI=1S/C18H34O/c1-2-3-4-5-6-10-15-18(19)16-11-14-17-12-8-7-9-13-17/h17H,2-16H2,1H3. The van der Waals surface area contributed by atoms with E-state index in [1.807, 2.05) is 0 Å². The lowest BCUT2D eigenvalue weighted by molar-refractivity contribution is -0.119. The molecule has 1 aliphatic carbocycles. The van der Waals surface area contributed by atoms with Gasteiger partial charge in [0.1, 0.15) is 5.78 Å². The van der Waals surface area contributed by atoms with E-state index in [4.69, 9.17) is 0 Å². The molecule has 0 aromatic heterocycles. The lowest BCUT2D eigenvalue weighted by Crippen LogP contribution is -2.07. The minimum atomic E-state index is 0.520. The zero-order valence-corrected chi connectivity index (χ0v) is 13.1. The summed E-state index contributed by atoms with van der Waals surface area (Å²) in [7, 11) is 0. The number of hydrogen-bond acceptors (Lipinski definition) is 1. The molecule has 112 valence electrons. The molecule has 1 nitrogen and oxygen atoms in total. The van der Waals surface area contributed by atoms with Crippen LogP contribution in [0.1, 0.15) is 103 Å². The van der Waals surface area contributed by atoms with Crippen LogP contribution in [0.4, 0.5) is 0 Å². The highest BCUT2D eigenvalue weighted by Gasteiger charge is 2.13. The number of ketones is 1. The highest BCUT2D eigenvalue weighted by molar-refractivity contribution is 5.78. The van der Waals surface area contributed by atoms with Gasteiger partial charge in [0.15, 0.2) is 0 Å². The van der Waals surface area contributed by atoms with E-state index in [2.05, 4.69) is 6.92 Å². The minimum Gasteiger partial charge on any atom is -0.300 e. The Bertz CT molecular complexity index is 216. The summed E-state index contributed by atoms with van der Waals surface area (Å²) in [5.74, 6) is 1.46. The van der Waals surface area contributed by atoms with Crippen LogP contribution in [-0.4, -0.2) is 5.78 Å². The van der Waals surface area contributed by atoms with Crippen molar-refractivity contribution >= 4 is 5.78 Å². The molecule has 0 aromatic rings. The Morgan fingerprint density at radius 1 is 0.842 bits per heavy atom. The quantitative estimate of drug-likeness (QED) is 0.416. The van der Waals surface area contributed by atoms with Crippen molar-refractivity contribution in [1.29, 1.82) is 0 Å². The molecule has 1 aliphatic rings. The first-order valence-electron chi connectivity index (χ1n) is 8.84. The van der Waals surface area contributed by atoms with Crippen LogP contribution >= 0.6 is 0 Å². The van der Waals surface area contributed by atoms with E-state index in [0.29, 0.717) is 5.78 Å². The summed E-state index contributed by atoms with van der Waals surface area (Å²) in [6, 6.07) is 0. The Morgan fingerprint density at radius 2 is 1.47 bits per heavy atom. The van der Waals surface area contributed by atoms with Crippen LogP contribution in [0.15, 0.2) is 0 Å². The van der Waals surface area contributed by atoms with Crippen molar-refractivity contribution in [1.82, 2.24) is 0 Å². The van der Waals surface area contributed by atoms with E-state index in [-0.39, 0.29) is 0 Å². The van der Waals surface area contributed by atoms with Crippen molar-refractivity contribution in [3.63, 3.8) is 0 Å². The smallest absolute Gasteiger partial charge is 0.132 e. The monoisotopic (exact) mass is 266 g/mol. The number of carbonyl (C=O) groups is 1. The molecular formula is C18H34O. The number of unbranched alkanes of at least 4 members (excludes halogenated alkanes) is 5. The van der Waals surface area contributed by atoms with Gasteiger partial charge in [0, 0.05) is 12.8 Å². The molecule has 1 fully saturated rings. The van der Waals surface area contributed by atoms with Crippen molar-refractivity contribution in [3.05, 3.63) is 0 Å². The first kappa shape index (κ1) is 16.7. The predicted octanol–water partition coefficient (Wildman–Crippen LogP) is 6.06. The van der Waals surface area contributed by atoms with E-state index >= 15 is 0 Å². The van der Waals surface area contributed by atoms with Gasteiger partial charge in [0.2, 0.25) is 0 Å². The Kier molecular flexibility index (Phi) is 10.1. The Morgan fingerprint density at radius 3 is 2.21 bits per heavy atom. The Hall–Kier alpha value is -0.330. The van der Waals surface area contributed by atoms with Gasteiger partial charge in [-0.25, -0.2) is 0 Å². The molecule has 0 unspecified atom stereocenters. The van der Waals surface area contributed by atoms with Crippen LogP contribution in [-0.2, 0) is 4.79 Å². The van der Waals surface area contributed by atoms with Crippen LogP contribution < -0.4 is 0 Å². The second-order valence-electron chi connectivity index (χ2n) is 6.45. The third-order valence-corrected chi connectivity index (χ3v) is 4.60. The zero-order valence-electron chi connectivity index (χ0n) is 13.1. The van der Waals surface area contributed by atoms with Gasteiger partial charge in [-0.15, -0.1) is 0 Å². The average molecular weight is 266 g/mol. The fourth-order valence-corrected chi connectivity index (χ4v) is 3.29. The fourth-order valence-electron chi connectivity index (χ4n) is 3.29. The van der Waals surface area contributed by atoms with Gasteiger partial charge in [-0.1, -0.05) is 77.6 Å². The van der Waals surface area contributed by atoms with Gasteiger partial charge in [-0.3, -0.25) is 4.79 Å². The molecule has 0 aliphatic heterocycles. The molecule has 0 aromatic carbocycles. The maximum absolute atomic E-state index is 11.8. The van der Waals surface area contributed by atoms with Crippen LogP contribution in [0, 0.1) is 5.92 Å². The molecule has 19 heavy (non-hydrogen) atoms. The lowest BCUT2D eigenvalue weighted by atomic mass is 9.85. The van der Waals surface area contributed by atoms with Crippen LogP contribution in [0.2, 0.25) is 0 Å². The van der Waals surface area contributed by atoms with E-state index < -0.39 is 0 Å². The summed E-state index contributed by atoms with van der Waals surface area (Å²) >= 11 is 0. The summed E-state index contributed by atoms with van der Waals surface area (Å²) in [6.45, 7) is 2.25. The topological polar surface area (TPSA) is 17.1 Å². The SMILES string of the molecule is CCCCCCCCC(=O)CCCC1CCCCC1. The maximum Gasteiger partial charge on any atom is 0.132 e. The van der Waals surface area contributed by atoms with Gasteiger partial charge in [-0.05, 0) is 18.8 Å². The summed E-state index contributed by atoms with van der Waals surface area (Å²) in [5.41, 5.74) is 0. The van der Waals surface area contributed by atoms with Crippen molar-refractivity contribution in [2.24, 2.45) is 5.92 Å². The summed E-state index contributed by atoms with van der Waals surface area (Å²) < 4.78 is 0. The molecule has 1 heteroatoms. The molecule has 0 bridgehead atoms. The zero-order chi connectivity index (χ0) is 13.8. The average Bonchev–Trinajstić information content (AvgIpc) is 2.44. The molecule has 1 rings (SSSR count). The van der Waals surface area contributed by atoms with Gasteiger partial charge in [0.25, 0.3) is 0 Å². The third kappa shape index (κ3) is 9.24. The highest BCUT2D eigenvalue weighted by Crippen LogP contribution is 2.27. The van der Waals surface area contributed by atoms with E-state index in [0.717, 1.165) is 31.6 Å². The summed E-state index contributed by atoms with van der Waals surface area (Å²) in [5, 5.41) is 0. The molecule has 0 saturated heterocycles. The largest absolute Gasteiger partial charge is 0.300 e. The second-order valence-corrected chi connectivity index (χ2v) is 6.45. The number of Topliss-reactive ketones (excluding diaryl/α,β-unsaturated/α-hetero) is 1. The fraction of sp³-hybridized carbons (Fsp3) is 0.944. The molecular weight excluding hydrogens is 232 g/mol. The van der Waals surface area contributed by atoms with Crippen molar-refractivity contribution in [2.45, 2.75) is 103 Å². The molecule has 1 saturated carbocycles. The highest BCUT2D eigenvalue weighted by atomic mass is 16.1. The minimum absolute atomic E-state index is 0.520. The van der Waals surface area contributed by atoms with Crippen molar-refractivity contribution < 1.29 is 4.79 Å². The molecule has 0 heterocycles. The Labute approximate surface area is 120 Å². The van der Waals surface area contributed by atoms with Gasteiger partial charge in [-0.2, -0.15) is 0 Å². The Balaban J connectivity index is 1.87. The first-order valence-corrected chi connectivity index (χ1v) is 8.84. The second kappa shape index (κ2) is 11.5. The normalized spacial score (nSPS) is 16.7. The molecule has 0 amide bonds. The van der Waals surface area contributed by atoms with Crippen LogP contribution in [0.3, 0.4) is 0 Å². The van der Waals surface area contributed by atoms with E-state index in [1.165, 1.54) is 70.6 Å². The molecule has 0 atom stereocenters. The maximum atomic E-state index is 11.8. The van der Waals surface area contributed by atoms with Crippen LogP contribution in [0.5, 0.6) is 0 Å². The first-order chi connectivity index (χ1) is 9.33. The predicted molar refractivity (Wildman–Crippen MR) is 83.4 cm³/mol.